The Hall–Kier alpha value is -3.04. The van der Waals surface area contributed by atoms with Crippen LogP contribution in [0.5, 0.6) is 5.75 Å². The Labute approximate surface area is 110 Å². The second-order valence-electron chi connectivity index (χ2n) is 3.57. The Kier molecular flexibility index (Phi) is 4.31. The molecule has 0 saturated heterocycles. The number of nitrogens with zero attached hydrogens (tertiary/aromatic N) is 2. The fraction of sp³-hybridized carbons (Fsp3) is 0.200. The van der Waals surface area contributed by atoms with Gasteiger partial charge in [-0.25, -0.2) is 4.79 Å². The first kappa shape index (κ1) is 15.0. The van der Waals surface area contributed by atoms with E-state index in [1.165, 1.54) is 0 Å². The quantitative estimate of drug-likeness (QED) is 0.455. The van der Waals surface area contributed by atoms with E-state index in [-0.39, 0.29) is 11.3 Å². The molecule has 106 valence electrons. The molecule has 0 aliphatic rings. The molecule has 0 aliphatic carbocycles. The van der Waals surface area contributed by atoms with Crippen LogP contribution in [-0.2, 0) is 16.0 Å². The number of nitro groups is 2. The van der Waals surface area contributed by atoms with Crippen LogP contribution in [0.2, 0.25) is 0 Å². The van der Waals surface area contributed by atoms with E-state index in [1.807, 2.05) is 0 Å². The van der Waals surface area contributed by atoms with E-state index in [2.05, 4.69) is 0 Å². The maximum Gasteiger partial charge on any atom is 0.372 e. The molecule has 0 spiro atoms. The lowest BCUT2D eigenvalue weighted by Gasteiger charge is -2.05. The van der Waals surface area contributed by atoms with Crippen LogP contribution in [0.4, 0.5) is 11.4 Å². The van der Waals surface area contributed by atoms with Gasteiger partial charge < -0.3 is 9.84 Å². The number of ether oxygens (including phenoxy) is 1. The van der Waals surface area contributed by atoms with Crippen molar-refractivity contribution in [3.05, 3.63) is 37.9 Å². The maximum atomic E-state index is 11.1. The largest absolute Gasteiger partial charge is 0.490 e. The number of nitro benzene ring substituents is 2. The van der Waals surface area contributed by atoms with Crippen molar-refractivity contribution in [2.24, 2.45) is 0 Å². The number of aliphatic carboxylic acids is 1. The SMILES string of the molecule is COc1cc(CC(=O)C(=O)O)c([N+](=O)[O-])cc1[N+](=O)[O-]. The summed E-state index contributed by atoms with van der Waals surface area (Å²) in [5, 5.41) is 30.1. The van der Waals surface area contributed by atoms with Crippen molar-refractivity contribution in [3.8, 4) is 5.75 Å². The van der Waals surface area contributed by atoms with E-state index in [0.29, 0.717) is 6.07 Å². The fourth-order valence-electron chi connectivity index (χ4n) is 1.47. The summed E-state index contributed by atoms with van der Waals surface area (Å²) in [4.78, 5) is 41.3. The second-order valence-corrected chi connectivity index (χ2v) is 3.57. The van der Waals surface area contributed by atoms with Crippen molar-refractivity contribution in [1.29, 1.82) is 0 Å². The van der Waals surface area contributed by atoms with E-state index >= 15 is 0 Å². The molecular weight excluding hydrogens is 276 g/mol. The molecule has 0 aromatic heterocycles. The van der Waals surface area contributed by atoms with Gasteiger partial charge in [0, 0.05) is 12.0 Å². The highest BCUT2D eigenvalue weighted by molar-refractivity contribution is 6.33. The lowest BCUT2D eigenvalue weighted by atomic mass is 10.1. The third kappa shape index (κ3) is 3.04. The number of benzene rings is 1. The molecule has 0 radical (unpaired) electrons. The van der Waals surface area contributed by atoms with Crippen molar-refractivity contribution in [1.82, 2.24) is 0 Å². The van der Waals surface area contributed by atoms with E-state index in [0.717, 1.165) is 13.2 Å². The van der Waals surface area contributed by atoms with E-state index < -0.39 is 39.4 Å². The second kappa shape index (κ2) is 5.73. The number of carboxylic acid groups (broad SMARTS) is 1. The number of rotatable bonds is 6. The zero-order valence-corrected chi connectivity index (χ0v) is 10.1. The Balaban J connectivity index is 3.42. The Morgan fingerprint density at radius 1 is 1.20 bits per heavy atom. The van der Waals surface area contributed by atoms with Crippen LogP contribution in [0.25, 0.3) is 0 Å². The summed E-state index contributed by atoms with van der Waals surface area (Å²) in [7, 11) is 1.11. The van der Waals surface area contributed by atoms with Gasteiger partial charge in [-0.1, -0.05) is 0 Å². The van der Waals surface area contributed by atoms with Gasteiger partial charge in [-0.2, -0.15) is 0 Å². The summed E-state index contributed by atoms with van der Waals surface area (Å²) in [5.74, 6) is -3.32. The summed E-state index contributed by atoms with van der Waals surface area (Å²) in [6, 6.07) is 1.54. The van der Waals surface area contributed by atoms with Gasteiger partial charge in [0.1, 0.15) is 0 Å². The molecule has 0 saturated carbocycles. The third-order valence-electron chi connectivity index (χ3n) is 2.36. The van der Waals surface area contributed by atoms with E-state index in [4.69, 9.17) is 9.84 Å². The van der Waals surface area contributed by atoms with Crippen LogP contribution >= 0.6 is 0 Å². The monoisotopic (exact) mass is 284 g/mol. The zero-order chi connectivity index (χ0) is 15.4. The minimum atomic E-state index is -1.75. The summed E-state index contributed by atoms with van der Waals surface area (Å²) in [6.45, 7) is 0. The first-order valence-corrected chi connectivity index (χ1v) is 5.03. The van der Waals surface area contributed by atoms with Crippen LogP contribution in [-0.4, -0.2) is 33.8 Å². The number of carbonyl (C=O) groups is 2. The van der Waals surface area contributed by atoms with Crippen LogP contribution in [0.3, 0.4) is 0 Å². The molecule has 0 amide bonds. The van der Waals surface area contributed by atoms with Crippen LogP contribution in [0, 0.1) is 20.2 Å². The molecule has 1 rings (SSSR count). The Bertz CT molecular complexity index is 610. The smallest absolute Gasteiger partial charge is 0.372 e. The molecule has 10 heteroatoms. The van der Waals surface area contributed by atoms with Gasteiger partial charge in [0.05, 0.1) is 23.0 Å². The molecule has 1 N–H and O–H groups in total. The molecular formula is C10H8N2O8. The highest BCUT2D eigenvalue weighted by Crippen LogP contribution is 2.34. The van der Waals surface area contributed by atoms with Gasteiger partial charge in [0.15, 0.2) is 5.75 Å². The van der Waals surface area contributed by atoms with Gasteiger partial charge in [0.25, 0.3) is 5.69 Å². The molecule has 0 aliphatic heterocycles. The fourth-order valence-corrected chi connectivity index (χ4v) is 1.47. The number of hydrogen-bond donors (Lipinski definition) is 1. The summed E-state index contributed by atoms with van der Waals surface area (Å²) in [6.07, 6.45) is -0.764. The number of carboxylic acids is 1. The van der Waals surface area contributed by atoms with Gasteiger partial charge in [0.2, 0.25) is 5.78 Å². The van der Waals surface area contributed by atoms with Crippen molar-refractivity contribution in [2.75, 3.05) is 7.11 Å². The van der Waals surface area contributed by atoms with Gasteiger partial charge in [-0.3, -0.25) is 25.0 Å². The minimum absolute atomic E-state index is 0.273. The van der Waals surface area contributed by atoms with E-state index in [9.17, 15) is 29.8 Å². The lowest BCUT2D eigenvalue weighted by Crippen LogP contribution is -2.16. The molecule has 0 heterocycles. The number of Topliss-reactive ketones (excluding diaryl/α,β-unsaturated/α-hetero) is 1. The van der Waals surface area contributed by atoms with Gasteiger partial charge in [-0.05, 0) is 6.07 Å². The summed E-state index contributed by atoms with van der Waals surface area (Å²) < 4.78 is 4.70. The molecule has 0 fully saturated rings. The highest BCUT2D eigenvalue weighted by Gasteiger charge is 2.27. The predicted molar refractivity (Wildman–Crippen MR) is 62.6 cm³/mol. The molecule has 0 atom stereocenters. The number of carbonyl (C=O) groups excluding carboxylic acids is 1. The van der Waals surface area contributed by atoms with E-state index in [1.54, 1.807) is 0 Å². The van der Waals surface area contributed by atoms with Crippen molar-refractivity contribution in [2.45, 2.75) is 6.42 Å². The molecule has 1 aromatic rings. The van der Waals surface area contributed by atoms with Crippen molar-refractivity contribution in [3.63, 3.8) is 0 Å². The van der Waals surface area contributed by atoms with Crippen LogP contribution < -0.4 is 4.74 Å². The van der Waals surface area contributed by atoms with Crippen LogP contribution in [0.15, 0.2) is 12.1 Å². The topological polar surface area (TPSA) is 150 Å². The predicted octanol–water partition coefficient (Wildman–Crippen LogP) is 0.708. The minimum Gasteiger partial charge on any atom is -0.490 e. The maximum absolute atomic E-state index is 11.1. The molecule has 0 unspecified atom stereocenters. The first-order valence-electron chi connectivity index (χ1n) is 5.03. The normalized spacial score (nSPS) is 9.85. The number of methoxy groups -OCH3 is 1. The first-order chi connectivity index (χ1) is 9.27. The number of ketones is 1. The highest BCUT2D eigenvalue weighted by atomic mass is 16.6. The average molecular weight is 284 g/mol. The average Bonchev–Trinajstić information content (AvgIpc) is 2.37. The molecule has 20 heavy (non-hydrogen) atoms. The van der Waals surface area contributed by atoms with Crippen molar-refractivity contribution < 1.29 is 29.3 Å². The third-order valence-corrected chi connectivity index (χ3v) is 2.36. The molecule has 0 bridgehead atoms. The lowest BCUT2D eigenvalue weighted by molar-refractivity contribution is -0.395. The summed E-state index contributed by atoms with van der Waals surface area (Å²) in [5.41, 5.74) is -1.64. The van der Waals surface area contributed by atoms with Crippen LogP contribution in [0.1, 0.15) is 5.56 Å². The summed E-state index contributed by atoms with van der Waals surface area (Å²) >= 11 is 0. The molecule has 1 aromatic carbocycles. The standard InChI is InChI=1S/C10H8N2O8/c1-20-9-3-5(2-8(13)10(14)15)6(11(16)17)4-7(9)12(18)19/h3-4H,2H2,1H3,(H,14,15). The van der Waals surface area contributed by atoms with Gasteiger partial charge in [-0.15, -0.1) is 0 Å². The number of hydrogen-bond acceptors (Lipinski definition) is 7. The Morgan fingerprint density at radius 2 is 1.75 bits per heavy atom. The van der Waals surface area contributed by atoms with Crippen molar-refractivity contribution >= 4 is 23.1 Å². The van der Waals surface area contributed by atoms with Gasteiger partial charge >= 0.3 is 11.7 Å². The Morgan fingerprint density at radius 3 is 2.15 bits per heavy atom. The zero-order valence-electron chi connectivity index (χ0n) is 10.1. The molecule has 10 nitrogen and oxygen atoms in total.